The van der Waals surface area contributed by atoms with Gasteiger partial charge in [0.25, 0.3) is 0 Å². The van der Waals surface area contributed by atoms with Gasteiger partial charge in [-0.2, -0.15) is 11.8 Å². The lowest BCUT2D eigenvalue weighted by atomic mass is 10.3. The molecule has 5 heteroatoms. The maximum Gasteiger partial charge on any atom is 0.336 e. The molecule has 0 saturated carbocycles. The second kappa shape index (κ2) is 7.70. The molecular weight excluding hydrogens is 242 g/mol. The molecule has 16 heavy (non-hydrogen) atoms. The molecular formula is C11H17NO2S2. The average molecular weight is 259 g/mol. The van der Waals surface area contributed by atoms with Crippen LogP contribution in [0.25, 0.3) is 0 Å². The number of hydrogen-bond acceptors (Lipinski definition) is 4. The van der Waals surface area contributed by atoms with Crippen LogP contribution in [0.3, 0.4) is 0 Å². The lowest BCUT2D eigenvalue weighted by Crippen LogP contribution is -2.14. The summed E-state index contributed by atoms with van der Waals surface area (Å²) >= 11 is 3.37. The Morgan fingerprint density at radius 1 is 1.56 bits per heavy atom. The fraction of sp³-hybridized carbons (Fsp3) is 0.545. The molecule has 1 aromatic rings. The van der Waals surface area contributed by atoms with Crippen molar-refractivity contribution in [2.45, 2.75) is 19.4 Å². The predicted molar refractivity (Wildman–Crippen MR) is 70.6 cm³/mol. The molecule has 0 atom stereocenters. The Morgan fingerprint density at radius 2 is 2.38 bits per heavy atom. The van der Waals surface area contributed by atoms with Gasteiger partial charge in [-0.05, 0) is 37.5 Å². The molecule has 3 nitrogen and oxygen atoms in total. The first-order valence-electron chi connectivity index (χ1n) is 5.24. The van der Waals surface area contributed by atoms with Crippen LogP contribution in [0.5, 0.6) is 0 Å². The summed E-state index contributed by atoms with van der Waals surface area (Å²) in [7, 11) is 0. The van der Waals surface area contributed by atoms with E-state index >= 15 is 0 Å². The van der Waals surface area contributed by atoms with Crippen LogP contribution in [0.4, 0.5) is 0 Å². The second-order valence-corrected chi connectivity index (χ2v) is 5.46. The van der Waals surface area contributed by atoms with Crippen LogP contribution in [-0.2, 0) is 6.54 Å². The Balaban J connectivity index is 2.14. The van der Waals surface area contributed by atoms with E-state index < -0.39 is 5.97 Å². The fourth-order valence-corrected chi connectivity index (χ4v) is 2.61. The summed E-state index contributed by atoms with van der Waals surface area (Å²) in [5.41, 5.74) is 0.393. The molecule has 2 N–H and O–H groups in total. The van der Waals surface area contributed by atoms with Crippen molar-refractivity contribution in [2.24, 2.45) is 0 Å². The van der Waals surface area contributed by atoms with Crippen molar-refractivity contribution in [3.8, 4) is 0 Å². The van der Waals surface area contributed by atoms with Gasteiger partial charge in [-0.25, -0.2) is 4.79 Å². The van der Waals surface area contributed by atoms with E-state index in [1.807, 2.05) is 11.8 Å². The Bertz CT molecular complexity index is 326. The fourth-order valence-electron chi connectivity index (χ4n) is 1.29. The third-order valence-electron chi connectivity index (χ3n) is 2.15. The molecule has 0 spiro atoms. The molecule has 0 amide bonds. The summed E-state index contributed by atoms with van der Waals surface area (Å²) in [6.07, 6.45) is 4.53. The van der Waals surface area contributed by atoms with E-state index in [2.05, 4.69) is 11.6 Å². The van der Waals surface area contributed by atoms with E-state index in [-0.39, 0.29) is 0 Å². The Hall–Kier alpha value is -0.520. The topological polar surface area (TPSA) is 49.3 Å². The van der Waals surface area contributed by atoms with E-state index in [4.69, 9.17) is 5.11 Å². The quantitative estimate of drug-likeness (QED) is 0.705. The molecule has 0 fully saturated rings. The number of hydrogen-bond donors (Lipinski definition) is 2. The minimum atomic E-state index is -0.845. The number of carbonyl (C=O) groups is 1. The first-order chi connectivity index (χ1) is 7.74. The molecule has 0 radical (unpaired) electrons. The number of thiophene rings is 1. The van der Waals surface area contributed by atoms with Gasteiger partial charge in [0.15, 0.2) is 0 Å². The van der Waals surface area contributed by atoms with E-state index in [0.29, 0.717) is 5.56 Å². The van der Waals surface area contributed by atoms with Crippen molar-refractivity contribution in [3.05, 3.63) is 21.9 Å². The second-order valence-electron chi connectivity index (χ2n) is 3.48. The molecule has 0 bridgehead atoms. The van der Waals surface area contributed by atoms with Crippen molar-refractivity contribution in [1.82, 2.24) is 5.32 Å². The number of nitrogens with one attached hydrogen (secondary N) is 1. The zero-order valence-electron chi connectivity index (χ0n) is 9.36. The third kappa shape index (κ3) is 5.01. The van der Waals surface area contributed by atoms with Crippen LogP contribution in [0, 0.1) is 0 Å². The Morgan fingerprint density at radius 3 is 3.00 bits per heavy atom. The van der Waals surface area contributed by atoms with Crippen molar-refractivity contribution >= 4 is 29.1 Å². The Labute approximate surface area is 104 Å². The van der Waals surface area contributed by atoms with Gasteiger partial charge in [0.05, 0.1) is 5.56 Å². The van der Waals surface area contributed by atoms with Crippen LogP contribution in [-0.4, -0.2) is 29.6 Å². The maximum absolute atomic E-state index is 10.6. The molecule has 0 aliphatic heterocycles. The smallest absolute Gasteiger partial charge is 0.336 e. The van der Waals surface area contributed by atoms with E-state index in [1.165, 1.54) is 29.9 Å². The van der Waals surface area contributed by atoms with Crippen LogP contribution >= 0.6 is 23.1 Å². The lowest BCUT2D eigenvalue weighted by molar-refractivity contribution is 0.0697. The Kier molecular flexibility index (Phi) is 6.52. The van der Waals surface area contributed by atoms with E-state index in [9.17, 15) is 4.79 Å². The lowest BCUT2D eigenvalue weighted by Gasteiger charge is -2.01. The SMILES string of the molecule is CSCCCCNCc1cc(C(=O)O)cs1. The van der Waals surface area contributed by atoms with E-state index in [0.717, 1.165) is 18.0 Å². The number of thioether (sulfide) groups is 1. The first kappa shape index (κ1) is 13.5. The van der Waals surface area contributed by atoms with Gasteiger partial charge >= 0.3 is 5.97 Å². The molecule has 1 heterocycles. The highest BCUT2D eigenvalue weighted by atomic mass is 32.2. The van der Waals surface area contributed by atoms with Crippen LogP contribution in [0.2, 0.25) is 0 Å². The number of aromatic carboxylic acids is 1. The van der Waals surface area contributed by atoms with Crippen molar-refractivity contribution in [1.29, 1.82) is 0 Å². The monoisotopic (exact) mass is 259 g/mol. The van der Waals surface area contributed by atoms with E-state index in [1.54, 1.807) is 11.4 Å². The highest BCUT2D eigenvalue weighted by Crippen LogP contribution is 2.14. The predicted octanol–water partition coefficient (Wildman–Crippen LogP) is 2.68. The standard InChI is InChI=1S/C11H17NO2S2/c1-15-5-3-2-4-12-7-10-6-9(8-16-10)11(13)14/h6,8,12H,2-5,7H2,1H3,(H,13,14). The molecule has 0 aliphatic rings. The molecule has 1 aromatic heterocycles. The number of unbranched alkanes of at least 4 members (excludes halogenated alkanes) is 1. The summed E-state index contributed by atoms with van der Waals surface area (Å²) in [6, 6.07) is 1.74. The summed E-state index contributed by atoms with van der Waals surface area (Å²) in [5, 5.41) is 13.8. The van der Waals surface area contributed by atoms with Crippen LogP contribution < -0.4 is 5.32 Å². The molecule has 90 valence electrons. The third-order valence-corrected chi connectivity index (χ3v) is 3.79. The normalized spacial score (nSPS) is 10.6. The number of rotatable bonds is 8. The summed E-state index contributed by atoms with van der Waals surface area (Å²) < 4.78 is 0. The highest BCUT2D eigenvalue weighted by molar-refractivity contribution is 7.98. The molecule has 0 aromatic carbocycles. The minimum absolute atomic E-state index is 0.393. The van der Waals surface area contributed by atoms with Gasteiger partial charge in [0, 0.05) is 16.8 Å². The number of carboxylic acids is 1. The van der Waals surface area contributed by atoms with Gasteiger partial charge < -0.3 is 10.4 Å². The van der Waals surface area contributed by atoms with Gasteiger partial charge in [-0.1, -0.05) is 0 Å². The average Bonchev–Trinajstić information content (AvgIpc) is 2.72. The van der Waals surface area contributed by atoms with Gasteiger partial charge in [0.1, 0.15) is 0 Å². The molecule has 1 rings (SSSR count). The zero-order valence-corrected chi connectivity index (χ0v) is 11.0. The summed E-state index contributed by atoms with van der Waals surface area (Å²) in [4.78, 5) is 11.7. The first-order valence-corrected chi connectivity index (χ1v) is 7.51. The van der Waals surface area contributed by atoms with Crippen molar-refractivity contribution < 1.29 is 9.90 Å². The molecule has 0 unspecified atom stereocenters. The van der Waals surface area contributed by atoms with Gasteiger partial charge in [-0.15, -0.1) is 11.3 Å². The van der Waals surface area contributed by atoms with Crippen LogP contribution in [0.1, 0.15) is 28.1 Å². The van der Waals surface area contributed by atoms with Crippen molar-refractivity contribution in [3.63, 3.8) is 0 Å². The molecule has 0 saturated heterocycles. The van der Waals surface area contributed by atoms with Gasteiger partial charge in [0.2, 0.25) is 0 Å². The maximum atomic E-state index is 10.6. The van der Waals surface area contributed by atoms with Crippen LogP contribution in [0.15, 0.2) is 11.4 Å². The number of carboxylic acid groups (broad SMARTS) is 1. The zero-order chi connectivity index (χ0) is 11.8. The summed E-state index contributed by atoms with van der Waals surface area (Å²) in [6.45, 7) is 1.78. The summed E-state index contributed by atoms with van der Waals surface area (Å²) in [5.74, 6) is 0.367. The largest absolute Gasteiger partial charge is 0.478 e. The minimum Gasteiger partial charge on any atom is -0.478 e. The van der Waals surface area contributed by atoms with Crippen molar-refractivity contribution in [2.75, 3.05) is 18.6 Å². The molecule has 0 aliphatic carbocycles. The highest BCUT2D eigenvalue weighted by Gasteiger charge is 2.05. The van der Waals surface area contributed by atoms with Gasteiger partial charge in [-0.3, -0.25) is 0 Å².